The maximum Gasteiger partial charge on any atom is 0.308 e. The van der Waals surface area contributed by atoms with Crippen molar-refractivity contribution in [1.29, 1.82) is 0 Å². The number of nitrogens with zero attached hydrogens (tertiary/aromatic N) is 2. The molecule has 18 heavy (non-hydrogen) atoms. The molecule has 0 radical (unpaired) electrons. The Labute approximate surface area is 106 Å². The third kappa shape index (κ3) is 3.00. The van der Waals surface area contributed by atoms with E-state index < -0.39 is 5.97 Å². The van der Waals surface area contributed by atoms with Crippen molar-refractivity contribution in [1.82, 2.24) is 9.80 Å². The topological polar surface area (TPSA) is 70.1 Å². The summed E-state index contributed by atoms with van der Waals surface area (Å²) in [6, 6.07) is 0. The highest BCUT2D eigenvalue weighted by molar-refractivity contribution is 5.78. The van der Waals surface area contributed by atoms with Crippen LogP contribution in [0.15, 0.2) is 0 Å². The molecule has 2 aliphatic heterocycles. The highest BCUT2D eigenvalue weighted by Gasteiger charge is 2.35. The Morgan fingerprint density at radius 2 is 1.94 bits per heavy atom. The number of carboxylic acid groups (broad SMARTS) is 1. The molecule has 0 saturated carbocycles. The number of hydrogen-bond donors (Lipinski definition) is 1. The summed E-state index contributed by atoms with van der Waals surface area (Å²) < 4.78 is 5.20. The zero-order chi connectivity index (χ0) is 13.1. The van der Waals surface area contributed by atoms with Gasteiger partial charge in [-0.25, -0.2) is 0 Å². The highest BCUT2D eigenvalue weighted by Crippen LogP contribution is 2.22. The fourth-order valence-electron chi connectivity index (χ4n) is 2.62. The van der Waals surface area contributed by atoms with Crippen LogP contribution in [0.3, 0.4) is 0 Å². The second-order valence-electron chi connectivity index (χ2n) is 5.11. The van der Waals surface area contributed by atoms with Gasteiger partial charge in [-0.1, -0.05) is 6.92 Å². The Bertz CT molecular complexity index is 328. The number of likely N-dealkylation sites (tertiary alicyclic amines) is 1. The van der Waals surface area contributed by atoms with E-state index in [-0.39, 0.29) is 17.7 Å². The van der Waals surface area contributed by atoms with Crippen LogP contribution in [0.4, 0.5) is 0 Å². The summed E-state index contributed by atoms with van der Waals surface area (Å²) >= 11 is 0. The van der Waals surface area contributed by atoms with E-state index >= 15 is 0 Å². The van der Waals surface area contributed by atoms with Gasteiger partial charge in [0.15, 0.2) is 0 Å². The number of rotatable bonds is 3. The van der Waals surface area contributed by atoms with Crippen molar-refractivity contribution in [3.63, 3.8) is 0 Å². The fourth-order valence-corrected chi connectivity index (χ4v) is 2.62. The van der Waals surface area contributed by atoms with Crippen molar-refractivity contribution < 1.29 is 19.4 Å². The number of carbonyl (C=O) groups is 2. The molecule has 102 valence electrons. The predicted molar refractivity (Wildman–Crippen MR) is 64.1 cm³/mol. The summed E-state index contributed by atoms with van der Waals surface area (Å²) in [4.78, 5) is 26.8. The normalized spacial score (nSPS) is 29.5. The number of hydrogen-bond acceptors (Lipinski definition) is 4. The van der Waals surface area contributed by atoms with Gasteiger partial charge in [0.05, 0.1) is 25.7 Å². The van der Waals surface area contributed by atoms with Gasteiger partial charge in [0.2, 0.25) is 5.91 Å². The minimum Gasteiger partial charge on any atom is -0.481 e. The molecule has 0 spiro atoms. The van der Waals surface area contributed by atoms with Gasteiger partial charge in [-0.05, 0) is 5.92 Å². The number of carboxylic acids is 1. The second kappa shape index (κ2) is 5.67. The molecule has 0 aromatic rings. The molecule has 2 unspecified atom stereocenters. The summed E-state index contributed by atoms with van der Waals surface area (Å²) in [7, 11) is 0. The van der Waals surface area contributed by atoms with E-state index in [0.29, 0.717) is 45.9 Å². The molecule has 1 amide bonds. The molecule has 2 heterocycles. The SMILES string of the molecule is CC1CN(CC(=O)N2CCOCC2)CC1C(=O)O. The molecular weight excluding hydrogens is 236 g/mol. The summed E-state index contributed by atoms with van der Waals surface area (Å²) in [6.45, 7) is 5.90. The summed E-state index contributed by atoms with van der Waals surface area (Å²) in [5.74, 6) is -0.914. The average Bonchev–Trinajstić information content (AvgIpc) is 2.71. The quantitative estimate of drug-likeness (QED) is 0.737. The van der Waals surface area contributed by atoms with E-state index in [2.05, 4.69) is 0 Å². The Balaban J connectivity index is 1.83. The molecule has 0 aromatic heterocycles. The molecule has 1 N–H and O–H groups in total. The summed E-state index contributed by atoms with van der Waals surface area (Å²) in [5, 5.41) is 9.05. The zero-order valence-electron chi connectivity index (χ0n) is 10.7. The van der Waals surface area contributed by atoms with Crippen LogP contribution >= 0.6 is 0 Å². The largest absolute Gasteiger partial charge is 0.481 e. The lowest BCUT2D eigenvalue weighted by molar-refractivity contribution is -0.143. The smallest absolute Gasteiger partial charge is 0.308 e. The third-order valence-corrected chi connectivity index (χ3v) is 3.73. The molecule has 0 aliphatic carbocycles. The van der Waals surface area contributed by atoms with Crippen molar-refractivity contribution in [2.24, 2.45) is 11.8 Å². The van der Waals surface area contributed by atoms with Gasteiger partial charge in [0, 0.05) is 26.2 Å². The van der Waals surface area contributed by atoms with Crippen LogP contribution in [-0.2, 0) is 14.3 Å². The summed E-state index contributed by atoms with van der Waals surface area (Å²) in [6.07, 6.45) is 0. The van der Waals surface area contributed by atoms with E-state index in [1.54, 1.807) is 4.90 Å². The molecule has 0 bridgehead atoms. The van der Waals surface area contributed by atoms with Gasteiger partial charge in [0.25, 0.3) is 0 Å². The standard InChI is InChI=1S/C12H20N2O4/c1-9-6-13(7-10(9)12(16)17)8-11(15)14-2-4-18-5-3-14/h9-10H,2-8H2,1H3,(H,16,17). The molecule has 6 nitrogen and oxygen atoms in total. The van der Waals surface area contributed by atoms with Crippen molar-refractivity contribution in [3.05, 3.63) is 0 Å². The molecule has 2 rings (SSSR count). The van der Waals surface area contributed by atoms with Gasteiger partial charge in [-0.3, -0.25) is 14.5 Å². The Kier molecular flexibility index (Phi) is 4.19. The van der Waals surface area contributed by atoms with Crippen LogP contribution in [0.5, 0.6) is 0 Å². The lowest BCUT2D eigenvalue weighted by atomic mass is 9.99. The number of ether oxygens (including phenoxy) is 1. The van der Waals surface area contributed by atoms with Crippen molar-refractivity contribution >= 4 is 11.9 Å². The monoisotopic (exact) mass is 256 g/mol. The molecule has 2 fully saturated rings. The lowest BCUT2D eigenvalue weighted by Gasteiger charge is -2.28. The van der Waals surface area contributed by atoms with E-state index in [0.717, 1.165) is 0 Å². The minimum atomic E-state index is -0.760. The van der Waals surface area contributed by atoms with E-state index in [1.165, 1.54) is 0 Å². The number of carbonyl (C=O) groups excluding carboxylic acids is 1. The summed E-state index contributed by atoms with van der Waals surface area (Å²) in [5.41, 5.74) is 0. The van der Waals surface area contributed by atoms with Gasteiger partial charge in [-0.2, -0.15) is 0 Å². The maximum atomic E-state index is 12.0. The van der Waals surface area contributed by atoms with Crippen LogP contribution in [0.2, 0.25) is 0 Å². The predicted octanol–water partition coefficient (Wildman–Crippen LogP) is -0.502. The molecule has 2 atom stereocenters. The molecule has 2 saturated heterocycles. The van der Waals surface area contributed by atoms with Gasteiger partial charge in [0.1, 0.15) is 0 Å². The van der Waals surface area contributed by atoms with Crippen LogP contribution < -0.4 is 0 Å². The average molecular weight is 256 g/mol. The Morgan fingerprint density at radius 1 is 1.28 bits per heavy atom. The van der Waals surface area contributed by atoms with Crippen LogP contribution in [0, 0.1) is 11.8 Å². The number of amides is 1. The van der Waals surface area contributed by atoms with Gasteiger partial charge >= 0.3 is 5.97 Å². The van der Waals surface area contributed by atoms with E-state index in [4.69, 9.17) is 9.84 Å². The van der Waals surface area contributed by atoms with Crippen molar-refractivity contribution in [2.75, 3.05) is 45.9 Å². The number of morpholine rings is 1. The van der Waals surface area contributed by atoms with Crippen molar-refractivity contribution in [3.8, 4) is 0 Å². The Hall–Kier alpha value is -1.14. The van der Waals surface area contributed by atoms with Gasteiger partial charge < -0.3 is 14.7 Å². The first-order valence-electron chi connectivity index (χ1n) is 6.38. The first-order chi connectivity index (χ1) is 8.58. The van der Waals surface area contributed by atoms with Crippen molar-refractivity contribution in [2.45, 2.75) is 6.92 Å². The second-order valence-corrected chi connectivity index (χ2v) is 5.11. The van der Waals surface area contributed by atoms with Gasteiger partial charge in [-0.15, -0.1) is 0 Å². The third-order valence-electron chi connectivity index (χ3n) is 3.73. The maximum absolute atomic E-state index is 12.0. The first kappa shape index (κ1) is 13.3. The zero-order valence-corrected chi connectivity index (χ0v) is 10.7. The molecule has 0 aromatic carbocycles. The van der Waals surface area contributed by atoms with Crippen LogP contribution in [-0.4, -0.2) is 72.7 Å². The number of aliphatic carboxylic acids is 1. The van der Waals surface area contributed by atoms with Crippen LogP contribution in [0.25, 0.3) is 0 Å². The molecule has 2 aliphatic rings. The first-order valence-corrected chi connectivity index (χ1v) is 6.38. The van der Waals surface area contributed by atoms with E-state index in [1.807, 2.05) is 11.8 Å². The lowest BCUT2D eigenvalue weighted by Crippen LogP contribution is -2.45. The van der Waals surface area contributed by atoms with Crippen LogP contribution in [0.1, 0.15) is 6.92 Å². The van der Waals surface area contributed by atoms with E-state index in [9.17, 15) is 9.59 Å². The fraction of sp³-hybridized carbons (Fsp3) is 0.833. The highest BCUT2D eigenvalue weighted by atomic mass is 16.5. The Morgan fingerprint density at radius 3 is 2.50 bits per heavy atom. The molecule has 6 heteroatoms. The molecular formula is C12H20N2O4. The minimum absolute atomic E-state index is 0.0801.